The van der Waals surface area contributed by atoms with Crippen molar-refractivity contribution in [2.45, 2.75) is 197 Å². The molecule has 0 bridgehead atoms. The predicted octanol–water partition coefficient (Wildman–Crippen LogP) is 1.43. The Hall–Kier alpha value is -1.39. The van der Waals surface area contributed by atoms with Crippen LogP contribution in [0.3, 0.4) is 0 Å². The highest BCUT2D eigenvalue weighted by molar-refractivity contribution is 5.66. The molecule has 5 aliphatic heterocycles. The van der Waals surface area contributed by atoms with Crippen molar-refractivity contribution < 1.29 is 83.2 Å². The lowest BCUT2D eigenvalue weighted by Gasteiger charge is -2.58. The number of fused-ring (bicyclic) bond motifs is 7. The van der Waals surface area contributed by atoms with E-state index in [2.05, 4.69) is 33.8 Å². The van der Waals surface area contributed by atoms with Gasteiger partial charge in [-0.25, -0.2) is 0 Å². The van der Waals surface area contributed by atoms with E-state index in [1.165, 1.54) is 12.5 Å². The molecule has 5 heterocycles. The number of hydrogen-bond donors (Lipinski definition) is 7. The highest BCUT2D eigenvalue weighted by Crippen LogP contribution is 2.70. The van der Waals surface area contributed by atoms with Crippen LogP contribution in [-0.2, 0) is 47.4 Å². The fourth-order valence-electron chi connectivity index (χ4n) is 14.1. The van der Waals surface area contributed by atoms with Crippen molar-refractivity contribution in [3.63, 3.8) is 0 Å². The second kappa shape index (κ2) is 17.3. The normalized spacial score (nSPS) is 55.4. The zero-order chi connectivity index (χ0) is 45.0. The lowest BCUT2D eigenvalue weighted by Crippen LogP contribution is -2.65. The number of hydrogen-bond acceptors (Lipinski definition) is 17. The molecule has 358 valence electrons. The van der Waals surface area contributed by atoms with Gasteiger partial charge in [0.1, 0.15) is 48.3 Å². The number of aliphatic hydroxyl groups excluding tert-OH is 6. The van der Waals surface area contributed by atoms with Crippen molar-refractivity contribution >= 4 is 5.97 Å². The van der Waals surface area contributed by atoms with Gasteiger partial charge in [-0.05, 0) is 98.7 Å². The van der Waals surface area contributed by atoms with Gasteiger partial charge in [-0.15, -0.1) is 0 Å². The first-order valence-electron chi connectivity index (χ1n) is 23.6. The fraction of sp³-hybridized carbons (Fsp3) is 0.935. The lowest BCUT2D eigenvalue weighted by molar-refractivity contribution is -0.379. The first-order valence-corrected chi connectivity index (χ1v) is 23.6. The minimum absolute atomic E-state index is 0.0308. The highest BCUT2D eigenvalue weighted by atomic mass is 16.8. The van der Waals surface area contributed by atoms with Gasteiger partial charge in [-0.1, -0.05) is 39.3 Å². The SMILES string of the molecule is CC(=O)O[C@@H]1[C@@H](O)[C@@H](O)[C@H](O[C@H]2[C@H](O[C@H]3CC[C@@]4(C)C(=CCC5C6CC7OC8(CC[C@@H](C)CO8)C(C)C7[C@@]6(C)CCC54)C3)O[C@H](CO)[C@@H](O[C@@H]3OC[C@](O)(CO)[C@H]3O)[C@@H]2O)O[C@H]1C. The maximum Gasteiger partial charge on any atom is 0.303 e. The largest absolute Gasteiger partial charge is 0.457 e. The number of allylic oxidation sites excluding steroid dienone is 1. The van der Waals surface area contributed by atoms with E-state index < -0.39 is 111 Å². The van der Waals surface area contributed by atoms with E-state index in [9.17, 15) is 40.5 Å². The summed E-state index contributed by atoms with van der Waals surface area (Å²) in [4.78, 5) is 11.8. The van der Waals surface area contributed by atoms with Crippen LogP contribution in [0, 0.1) is 46.3 Å². The molecule has 9 aliphatic rings. The molecule has 7 N–H and O–H groups in total. The van der Waals surface area contributed by atoms with Gasteiger partial charge in [-0.2, -0.15) is 0 Å². The van der Waals surface area contributed by atoms with Crippen molar-refractivity contribution in [1.29, 1.82) is 0 Å². The van der Waals surface area contributed by atoms with Gasteiger partial charge in [0.25, 0.3) is 0 Å². The Kier molecular flexibility index (Phi) is 12.8. The fourth-order valence-corrected chi connectivity index (χ4v) is 14.1. The Morgan fingerprint density at radius 3 is 2.30 bits per heavy atom. The molecule has 17 heteroatoms. The van der Waals surface area contributed by atoms with Gasteiger partial charge in [0, 0.05) is 19.3 Å². The van der Waals surface area contributed by atoms with Gasteiger partial charge in [-0.3, -0.25) is 4.79 Å². The minimum Gasteiger partial charge on any atom is -0.457 e. The average molecular weight is 897 g/mol. The Bertz CT molecular complexity index is 1690. The Labute approximate surface area is 369 Å². The van der Waals surface area contributed by atoms with Crippen LogP contribution in [0.5, 0.6) is 0 Å². The summed E-state index contributed by atoms with van der Waals surface area (Å²) in [6.07, 6.45) is -6.49. The molecule has 1 spiro atoms. The molecule has 63 heavy (non-hydrogen) atoms. The topological polar surface area (TPSA) is 242 Å². The quantitative estimate of drug-likeness (QED) is 0.128. The third-order valence-corrected chi connectivity index (χ3v) is 17.7. The monoisotopic (exact) mass is 896 g/mol. The molecule has 17 nitrogen and oxygen atoms in total. The summed E-state index contributed by atoms with van der Waals surface area (Å²) < 4.78 is 55.4. The van der Waals surface area contributed by atoms with Gasteiger partial charge in [0.2, 0.25) is 0 Å². The van der Waals surface area contributed by atoms with Crippen LogP contribution in [0.15, 0.2) is 11.6 Å². The molecular weight excluding hydrogens is 824 g/mol. The molecule has 0 aromatic heterocycles. The summed E-state index contributed by atoms with van der Waals surface area (Å²) in [5.74, 6) is 1.90. The van der Waals surface area contributed by atoms with Crippen molar-refractivity contribution in [2.24, 2.45) is 46.3 Å². The summed E-state index contributed by atoms with van der Waals surface area (Å²) in [7, 11) is 0. The first kappa shape index (κ1) is 46.7. The van der Waals surface area contributed by atoms with Crippen molar-refractivity contribution in [1.82, 2.24) is 0 Å². The summed E-state index contributed by atoms with van der Waals surface area (Å²) >= 11 is 0. The maximum atomic E-state index is 12.0. The molecule has 4 aliphatic carbocycles. The highest BCUT2D eigenvalue weighted by Gasteiger charge is 2.69. The first-order chi connectivity index (χ1) is 29.9. The van der Waals surface area contributed by atoms with Gasteiger partial charge in [0.05, 0.1) is 44.7 Å². The molecule has 5 saturated heterocycles. The van der Waals surface area contributed by atoms with Gasteiger partial charge in [0.15, 0.2) is 30.8 Å². The van der Waals surface area contributed by atoms with Crippen LogP contribution in [0.1, 0.15) is 99.3 Å². The number of ether oxygens (including phenoxy) is 9. The molecule has 0 amide bonds. The molecule has 0 aromatic carbocycles. The van der Waals surface area contributed by atoms with Crippen LogP contribution >= 0.6 is 0 Å². The number of rotatable bonds is 9. The standard InChI is InChI=1S/C46H72O17/c1-21-9-14-46(56-18-21)22(2)32-30(63-46)16-29-27-8-7-25-15-26(10-12-43(25,5)28(27)11-13-44(29,32)6)59-41-38(62-40-34(51)33(50)36(23(3)57-40)58-24(4)49)35(52)37(31(17-47)60-41)61-42-39(53)45(54,19-48)20-55-42/h7,21-23,26-42,47-48,50-54H,8-20H2,1-6H3/t21-,22?,23+,26+,27?,28?,29?,30?,31-,32?,33+,34-,35+,36+,37-,38-,39+,40+,41-,42+,43+,44+,45-,46?/m1/s1. The molecule has 0 radical (unpaired) electrons. The zero-order valence-electron chi connectivity index (χ0n) is 37.5. The van der Waals surface area contributed by atoms with E-state index in [0.29, 0.717) is 48.3 Å². The van der Waals surface area contributed by atoms with E-state index in [1.54, 1.807) is 6.92 Å². The number of esters is 1. The van der Waals surface area contributed by atoms with Gasteiger partial charge >= 0.3 is 5.97 Å². The molecule has 0 aromatic rings. The molecule has 8 fully saturated rings. The number of aliphatic hydroxyl groups is 7. The second-order valence-corrected chi connectivity index (χ2v) is 21.3. The Morgan fingerprint density at radius 1 is 0.857 bits per heavy atom. The average Bonchev–Trinajstić information content (AvgIpc) is 3.82. The Balaban J connectivity index is 0.917. The van der Waals surface area contributed by atoms with E-state index >= 15 is 0 Å². The molecule has 3 saturated carbocycles. The van der Waals surface area contributed by atoms with Gasteiger partial charge < -0.3 is 78.4 Å². The smallest absolute Gasteiger partial charge is 0.303 e. The molecule has 24 atom stereocenters. The maximum absolute atomic E-state index is 12.0. The van der Waals surface area contributed by atoms with Crippen LogP contribution in [0.4, 0.5) is 0 Å². The number of carbonyl (C=O) groups is 1. The zero-order valence-corrected chi connectivity index (χ0v) is 37.5. The van der Waals surface area contributed by atoms with E-state index in [1.807, 2.05) is 0 Å². The second-order valence-electron chi connectivity index (χ2n) is 21.3. The molecule has 7 unspecified atom stereocenters. The van der Waals surface area contributed by atoms with Crippen LogP contribution in [0.25, 0.3) is 0 Å². The van der Waals surface area contributed by atoms with Crippen molar-refractivity contribution in [3.05, 3.63) is 11.6 Å². The summed E-state index contributed by atoms with van der Waals surface area (Å²) in [6, 6.07) is 0. The van der Waals surface area contributed by atoms with E-state index in [0.717, 1.165) is 51.6 Å². The van der Waals surface area contributed by atoms with Crippen LogP contribution < -0.4 is 0 Å². The van der Waals surface area contributed by atoms with Crippen molar-refractivity contribution in [3.8, 4) is 0 Å². The van der Waals surface area contributed by atoms with Crippen LogP contribution in [-0.4, -0.2) is 166 Å². The summed E-state index contributed by atoms with van der Waals surface area (Å²) in [5.41, 5.74) is -0.527. The van der Waals surface area contributed by atoms with Crippen LogP contribution in [0.2, 0.25) is 0 Å². The minimum atomic E-state index is -2.03. The molecule has 9 rings (SSSR count). The van der Waals surface area contributed by atoms with E-state index in [4.69, 9.17) is 42.6 Å². The predicted molar refractivity (Wildman–Crippen MR) is 218 cm³/mol. The number of carbonyl (C=O) groups excluding carboxylic acids is 1. The third-order valence-electron chi connectivity index (χ3n) is 17.7. The van der Waals surface area contributed by atoms with E-state index in [-0.39, 0.29) is 23.0 Å². The summed E-state index contributed by atoms with van der Waals surface area (Å²) in [6.45, 7) is 11.1. The third kappa shape index (κ3) is 7.78. The van der Waals surface area contributed by atoms with Crippen molar-refractivity contribution in [2.75, 3.05) is 26.4 Å². The summed E-state index contributed by atoms with van der Waals surface area (Å²) in [5, 5.41) is 75.9. The lowest BCUT2D eigenvalue weighted by atomic mass is 9.47. The molecular formula is C46H72O17. The Morgan fingerprint density at radius 2 is 1.62 bits per heavy atom.